The van der Waals surface area contributed by atoms with Gasteiger partial charge < -0.3 is 9.88 Å². The van der Waals surface area contributed by atoms with Gasteiger partial charge in [0.05, 0.1) is 23.8 Å². The van der Waals surface area contributed by atoms with E-state index in [1.807, 2.05) is 28.8 Å². The average Bonchev–Trinajstić information content (AvgIpc) is 2.97. The van der Waals surface area contributed by atoms with E-state index < -0.39 is 0 Å². The van der Waals surface area contributed by atoms with Crippen molar-refractivity contribution < 1.29 is 0 Å². The van der Waals surface area contributed by atoms with E-state index in [1.54, 1.807) is 0 Å². The van der Waals surface area contributed by atoms with Gasteiger partial charge in [-0.3, -0.25) is 4.68 Å². The number of hydrogen-bond acceptors (Lipinski definition) is 3. The molecule has 1 N–H and O–H groups in total. The van der Waals surface area contributed by atoms with Crippen molar-refractivity contribution in [2.24, 2.45) is 7.05 Å². The Labute approximate surface area is 114 Å². The Hall–Kier alpha value is -1.62. The lowest BCUT2D eigenvalue weighted by molar-refractivity contribution is 0.502. The highest BCUT2D eigenvalue weighted by Gasteiger charge is 2.15. The van der Waals surface area contributed by atoms with Crippen molar-refractivity contribution in [1.29, 1.82) is 0 Å². The molecule has 0 aromatic carbocycles. The normalized spacial score (nSPS) is 13.1. The van der Waals surface area contributed by atoms with Crippen molar-refractivity contribution in [2.75, 3.05) is 6.54 Å². The molecule has 5 heteroatoms. The molecule has 1 atom stereocenters. The molecule has 0 bridgehead atoms. The highest BCUT2D eigenvalue weighted by molar-refractivity contribution is 5.10. The number of aryl methyl sites for hydroxylation is 1. The molecule has 0 fully saturated rings. The summed E-state index contributed by atoms with van der Waals surface area (Å²) in [5, 5.41) is 8.08. The van der Waals surface area contributed by atoms with E-state index in [2.05, 4.69) is 48.4 Å². The molecule has 0 amide bonds. The second-order valence-corrected chi connectivity index (χ2v) is 5.16. The van der Waals surface area contributed by atoms with Gasteiger partial charge in [0, 0.05) is 31.9 Å². The van der Waals surface area contributed by atoms with E-state index in [-0.39, 0.29) is 6.04 Å². The van der Waals surface area contributed by atoms with Gasteiger partial charge in [-0.1, -0.05) is 6.92 Å². The third kappa shape index (κ3) is 3.44. The number of aromatic nitrogens is 4. The quantitative estimate of drug-likeness (QED) is 0.866. The molecule has 0 spiro atoms. The summed E-state index contributed by atoms with van der Waals surface area (Å²) in [6.07, 6.45) is 6.81. The van der Waals surface area contributed by atoms with Gasteiger partial charge in [-0.25, -0.2) is 4.98 Å². The zero-order chi connectivity index (χ0) is 13.8. The van der Waals surface area contributed by atoms with Gasteiger partial charge >= 0.3 is 0 Å². The maximum atomic E-state index is 4.61. The van der Waals surface area contributed by atoms with Crippen LogP contribution in [0.3, 0.4) is 0 Å². The molecule has 2 aromatic heterocycles. The van der Waals surface area contributed by atoms with Crippen LogP contribution in [-0.2, 0) is 13.5 Å². The number of nitrogens with one attached hydrogen (secondary N) is 1. The van der Waals surface area contributed by atoms with Gasteiger partial charge in [-0.15, -0.1) is 0 Å². The number of rotatable bonds is 6. The van der Waals surface area contributed by atoms with Crippen LogP contribution in [0, 0.1) is 0 Å². The van der Waals surface area contributed by atoms with Gasteiger partial charge in [0.2, 0.25) is 0 Å². The molecule has 0 aliphatic rings. The van der Waals surface area contributed by atoms with Crippen LogP contribution >= 0.6 is 0 Å². The lowest BCUT2D eigenvalue weighted by atomic mass is 10.1. The van der Waals surface area contributed by atoms with Gasteiger partial charge in [-0.05, 0) is 26.5 Å². The highest BCUT2D eigenvalue weighted by Crippen LogP contribution is 2.16. The van der Waals surface area contributed by atoms with E-state index in [0.29, 0.717) is 6.04 Å². The Morgan fingerprint density at radius 1 is 1.37 bits per heavy atom. The predicted molar refractivity (Wildman–Crippen MR) is 75.9 cm³/mol. The second kappa shape index (κ2) is 6.02. The summed E-state index contributed by atoms with van der Waals surface area (Å²) in [7, 11) is 1.99. The zero-order valence-electron chi connectivity index (χ0n) is 12.2. The lowest BCUT2D eigenvalue weighted by Gasteiger charge is -2.14. The molecule has 0 radical (unpaired) electrons. The Morgan fingerprint density at radius 2 is 2.16 bits per heavy atom. The van der Waals surface area contributed by atoms with Crippen LogP contribution < -0.4 is 5.32 Å². The maximum absolute atomic E-state index is 4.61. The van der Waals surface area contributed by atoms with Crippen LogP contribution in [0.5, 0.6) is 0 Å². The van der Waals surface area contributed by atoms with Crippen LogP contribution in [0.25, 0.3) is 0 Å². The molecular weight excluding hydrogens is 238 g/mol. The van der Waals surface area contributed by atoms with Crippen LogP contribution in [0.1, 0.15) is 44.2 Å². The van der Waals surface area contributed by atoms with Gasteiger partial charge in [0.25, 0.3) is 0 Å². The van der Waals surface area contributed by atoms with Crippen LogP contribution in [0.4, 0.5) is 0 Å². The molecule has 1 unspecified atom stereocenters. The fourth-order valence-electron chi connectivity index (χ4n) is 2.12. The van der Waals surface area contributed by atoms with E-state index in [1.165, 1.54) is 0 Å². The minimum Gasteiger partial charge on any atom is -0.340 e. The lowest BCUT2D eigenvalue weighted by Crippen LogP contribution is -2.23. The third-order valence-electron chi connectivity index (χ3n) is 3.14. The fourth-order valence-corrected chi connectivity index (χ4v) is 2.12. The van der Waals surface area contributed by atoms with Crippen molar-refractivity contribution >= 4 is 0 Å². The zero-order valence-corrected chi connectivity index (χ0v) is 12.2. The van der Waals surface area contributed by atoms with Crippen LogP contribution in [-0.4, -0.2) is 25.9 Å². The standard InChI is InChI=1S/C14H23N5/c1-5-15-13(14-9-18(4)10-16-14)8-12-6-7-19(17-12)11(2)3/h6-7,9-11,13,15H,5,8H2,1-4H3. The summed E-state index contributed by atoms with van der Waals surface area (Å²) >= 11 is 0. The molecule has 2 aromatic rings. The summed E-state index contributed by atoms with van der Waals surface area (Å²) in [4.78, 5) is 4.44. The van der Waals surface area contributed by atoms with Crippen LogP contribution in [0.2, 0.25) is 0 Å². The Kier molecular flexibility index (Phi) is 4.37. The first-order valence-electron chi connectivity index (χ1n) is 6.85. The third-order valence-corrected chi connectivity index (χ3v) is 3.14. The second-order valence-electron chi connectivity index (χ2n) is 5.16. The molecule has 2 heterocycles. The predicted octanol–water partition coefficient (Wildman–Crippen LogP) is 2.09. The Bertz CT molecular complexity index is 511. The largest absolute Gasteiger partial charge is 0.340 e. The van der Waals surface area contributed by atoms with Crippen molar-refractivity contribution in [1.82, 2.24) is 24.6 Å². The SMILES string of the molecule is CCNC(Cc1ccn(C(C)C)n1)c1cn(C)cn1. The van der Waals surface area contributed by atoms with Gasteiger partial charge in [-0.2, -0.15) is 5.10 Å². The molecule has 0 saturated heterocycles. The molecule has 0 aliphatic carbocycles. The number of nitrogens with zero attached hydrogens (tertiary/aromatic N) is 4. The molecule has 19 heavy (non-hydrogen) atoms. The topological polar surface area (TPSA) is 47.7 Å². The van der Waals surface area contributed by atoms with E-state index in [4.69, 9.17) is 0 Å². The molecule has 104 valence electrons. The Morgan fingerprint density at radius 3 is 2.68 bits per heavy atom. The number of likely N-dealkylation sites (N-methyl/N-ethyl adjacent to an activating group) is 1. The minimum atomic E-state index is 0.224. The van der Waals surface area contributed by atoms with Crippen molar-refractivity contribution in [3.63, 3.8) is 0 Å². The summed E-state index contributed by atoms with van der Waals surface area (Å²) in [6, 6.07) is 2.72. The number of hydrogen-bond donors (Lipinski definition) is 1. The Balaban J connectivity index is 2.11. The van der Waals surface area contributed by atoms with Gasteiger partial charge in [0.1, 0.15) is 0 Å². The molecule has 0 saturated carbocycles. The van der Waals surface area contributed by atoms with Gasteiger partial charge in [0.15, 0.2) is 0 Å². The summed E-state index contributed by atoms with van der Waals surface area (Å²) in [6.45, 7) is 7.31. The molecular formula is C14H23N5. The van der Waals surface area contributed by atoms with E-state index in [9.17, 15) is 0 Å². The monoisotopic (exact) mass is 261 g/mol. The molecule has 0 aliphatic heterocycles. The van der Waals surface area contributed by atoms with E-state index >= 15 is 0 Å². The average molecular weight is 261 g/mol. The van der Waals surface area contributed by atoms with Crippen LogP contribution in [0.15, 0.2) is 24.8 Å². The summed E-state index contributed by atoms with van der Waals surface area (Å²) in [5.74, 6) is 0. The first-order valence-corrected chi connectivity index (χ1v) is 6.85. The first-order chi connectivity index (χ1) is 9.10. The maximum Gasteiger partial charge on any atom is 0.0947 e. The van der Waals surface area contributed by atoms with E-state index in [0.717, 1.165) is 24.4 Å². The number of imidazole rings is 1. The minimum absolute atomic E-state index is 0.224. The molecule has 2 rings (SSSR count). The van der Waals surface area contributed by atoms with Crippen molar-refractivity contribution in [3.8, 4) is 0 Å². The highest BCUT2D eigenvalue weighted by atomic mass is 15.3. The summed E-state index contributed by atoms with van der Waals surface area (Å²) < 4.78 is 3.98. The summed E-state index contributed by atoms with van der Waals surface area (Å²) in [5.41, 5.74) is 2.17. The molecule has 5 nitrogen and oxygen atoms in total. The fraction of sp³-hybridized carbons (Fsp3) is 0.571. The smallest absolute Gasteiger partial charge is 0.0947 e. The van der Waals surface area contributed by atoms with Crippen molar-refractivity contribution in [3.05, 3.63) is 36.2 Å². The first kappa shape index (κ1) is 13.8. The van der Waals surface area contributed by atoms with Crippen molar-refractivity contribution in [2.45, 2.75) is 39.3 Å².